The first-order valence-electron chi connectivity index (χ1n) is 9.24. The van der Waals surface area contributed by atoms with Gasteiger partial charge in [-0.15, -0.1) is 0 Å². The summed E-state index contributed by atoms with van der Waals surface area (Å²) in [5.41, 5.74) is 2.39. The van der Waals surface area contributed by atoms with Crippen molar-refractivity contribution < 1.29 is 9.53 Å². The lowest BCUT2D eigenvalue weighted by Crippen LogP contribution is -2.06. The van der Waals surface area contributed by atoms with Crippen LogP contribution in [0, 0.1) is 0 Å². The van der Waals surface area contributed by atoms with Crippen molar-refractivity contribution in [2.45, 2.75) is 6.42 Å². The minimum atomic E-state index is -0.400. The van der Waals surface area contributed by atoms with Gasteiger partial charge in [-0.25, -0.2) is 9.79 Å². The van der Waals surface area contributed by atoms with Crippen molar-refractivity contribution in [3.8, 4) is 0 Å². The van der Waals surface area contributed by atoms with Crippen LogP contribution in [0.1, 0.15) is 11.1 Å². The van der Waals surface area contributed by atoms with Crippen LogP contribution in [0.4, 0.5) is 0 Å². The second-order valence-electron chi connectivity index (χ2n) is 6.82. The monoisotopic (exact) mass is 363 g/mol. The molecule has 0 aliphatic carbocycles. The molecule has 3 nitrogen and oxygen atoms in total. The summed E-state index contributed by atoms with van der Waals surface area (Å²) in [6, 6.07) is 28.4. The molecule has 0 atom stereocenters. The van der Waals surface area contributed by atoms with Crippen molar-refractivity contribution in [2.24, 2.45) is 4.99 Å². The summed E-state index contributed by atoms with van der Waals surface area (Å²) >= 11 is 0. The van der Waals surface area contributed by atoms with Crippen molar-refractivity contribution in [2.75, 3.05) is 0 Å². The zero-order valence-corrected chi connectivity index (χ0v) is 15.1. The zero-order valence-electron chi connectivity index (χ0n) is 15.1. The fraction of sp³-hybridized carbons (Fsp3) is 0.0400. The maximum Gasteiger partial charge on any atom is 0.363 e. The van der Waals surface area contributed by atoms with Gasteiger partial charge in [0, 0.05) is 6.42 Å². The molecule has 0 saturated carbocycles. The predicted octanol–water partition coefficient (Wildman–Crippen LogP) is 5.53. The lowest BCUT2D eigenvalue weighted by atomic mass is 9.96. The van der Waals surface area contributed by atoms with Gasteiger partial charge in [-0.1, -0.05) is 78.9 Å². The molecular weight excluding hydrogens is 346 g/mol. The topological polar surface area (TPSA) is 38.7 Å². The van der Waals surface area contributed by atoms with Gasteiger partial charge in [0.05, 0.1) is 0 Å². The Labute approximate surface area is 162 Å². The quantitative estimate of drug-likeness (QED) is 0.273. The van der Waals surface area contributed by atoms with Gasteiger partial charge in [0.1, 0.15) is 0 Å². The molecule has 0 amide bonds. The van der Waals surface area contributed by atoms with E-state index in [2.05, 4.69) is 35.3 Å². The van der Waals surface area contributed by atoms with Crippen LogP contribution < -0.4 is 0 Å². The zero-order chi connectivity index (χ0) is 18.9. The summed E-state index contributed by atoms with van der Waals surface area (Å²) in [6.45, 7) is 0. The van der Waals surface area contributed by atoms with Crippen LogP contribution in [0.15, 0.2) is 95.6 Å². The van der Waals surface area contributed by atoms with Gasteiger partial charge >= 0.3 is 5.97 Å². The van der Waals surface area contributed by atoms with Crippen molar-refractivity contribution in [1.29, 1.82) is 0 Å². The van der Waals surface area contributed by atoms with Gasteiger partial charge in [0.25, 0.3) is 0 Å². The van der Waals surface area contributed by atoms with Crippen LogP contribution >= 0.6 is 0 Å². The number of carbonyl (C=O) groups excluding carboxylic acids is 1. The SMILES string of the molecule is O=C1OC(Cc2ccccc2)=N/C1=C/c1c2ccccc2cc2ccccc12. The average Bonchev–Trinajstić information content (AvgIpc) is 3.07. The van der Waals surface area contributed by atoms with Gasteiger partial charge in [-0.05, 0) is 44.8 Å². The van der Waals surface area contributed by atoms with E-state index in [9.17, 15) is 4.79 Å². The van der Waals surface area contributed by atoms with E-state index in [1.54, 1.807) is 0 Å². The number of benzene rings is 4. The molecule has 0 unspecified atom stereocenters. The molecule has 5 rings (SSSR count). The first kappa shape index (κ1) is 16.5. The molecule has 0 aromatic heterocycles. The summed E-state index contributed by atoms with van der Waals surface area (Å²) in [5, 5.41) is 4.45. The molecule has 0 N–H and O–H groups in total. The number of carbonyl (C=O) groups is 1. The molecule has 0 spiro atoms. The Morgan fingerprint density at radius 2 is 1.39 bits per heavy atom. The fourth-order valence-corrected chi connectivity index (χ4v) is 3.64. The summed E-state index contributed by atoms with van der Waals surface area (Å²) in [7, 11) is 0. The third-order valence-electron chi connectivity index (χ3n) is 4.96. The number of cyclic esters (lactones) is 1. The molecule has 0 saturated heterocycles. The fourth-order valence-electron chi connectivity index (χ4n) is 3.64. The van der Waals surface area contributed by atoms with Crippen molar-refractivity contribution in [1.82, 2.24) is 0 Å². The largest absolute Gasteiger partial charge is 0.406 e. The van der Waals surface area contributed by atoms with E-state index in [0.717, 1.165) is 32.7 Å². The van der Waals surface area contributed by atoms with Crippen LogP contribution in [-0.4, -0.2) is 11.9 Å². The van der Waals surface area contributed by atoms with Crippen LogP contribution in [0.2, 0.25) is 0 Å². The molecular formula is C25H17NO2. The molecule has 4 aromatic carbocycles. The molecule has 1 aliphatic heterocycles. The molecule has 4 aromatic rings. The third kappa shape index (κ3) is 2.97. The molecule has 0 radical (unpaired) electrons. The first-order chi connectivity index (χ1) is 13.8. The Bertz CT molecular complexity index is 1220. The molecule has 28 heavy (non-hydrogen) atoms. The van der Waals surface area contributed by atoms with Crippen molar-refractivity contribution in [3.05, 3.63) is 102 Å². The Kier molecular flexibility index (Phi) is 3.99. The highest BCUT2D eigenvalue weighted by molar-refractivity contribution is 6.12. The Morgan fingerprint density at radius 3 is 2.07 bits per heavy atom. The highest BCUT2D eigenvalue weighted by Gasteiger charge is 2.23. The second-order valence-corrected chi connectivity index (χ2v) is 6.82. The summed E-state index contributed by atoms with van der Waals surface area (Å²) in [4.78, 5) is 16.9. The Hall–Kier alpha value is -3.72. The van der Waals surface area contributed by atoms with Crippen molar-refractivity contribution in [3.63, 3.8) is 0 Å². The van der Waals surface area contributed by atoms with E-state index < -0.39 is 5.97 Å². The Morgan fingerprint density at radius 1 is 0.786 bits per heavy atom. The number of esters is 1. The van der Waals surface area contributed by atoms with E-state index in [-0.39, 0.29) is 0 Å². The third-order valence-corrected chi connectivity index (χ3v) is 4.96. The molecule has 1 aliphatic rings. The van der Waals surface area contributed by atoms with Crippen LogP contribution in [0.5, 0.6) is 0 Å². The predicted molar refractivity (Wildman–Crippen MR) is 113 cm³/mol. The number of hydrogen-bond acceptors (Lipinski definition) is 3. The van der Waals surface area contributed by atoms with E-state index in [0.29, 0.717) is 18.0 Å². The highest BCUT2D eigenvalue weighted by atomic mass is 16.6. The number of ether oxygens (including phenoxy) is 1. The lowest BCUT2D eigenvalue weighted by Gasteiger charge is -2.08. The minimum Gasteiger partial charge on any atom is -0.406 e. The number of rotatable bonds is 3. The Balaban J connectivity index is 1.63. The van der Waals surface area contributed by atoms with E-state index in [1.165, 1.54) is 0 Å². The van der Waals surface area contributed by atoms with E-state index in [4.69, 9.17) is 4.74 Å². The van der Waals surface area contributed by atoms with Gasteiger partial charge < -0.3 is 4.74 Å². The number of nitrogens with zero attached hydrogens (tertiary/aromatic N) is 1. The highest BCUT2D eigenvalue weighted by Crippen LogP contribution is 2.31. The minimum absolute atomic E-state index is 0.340. The van der Waals surface area contributed by atoms with Crippen LogP contribution in [-0.2, 0) is 16.0 Å². The standard InChI is InChI=1S/C25H17NO2/c27-25-23(26-24(28-25)14-17-8-2-1-3-9-17)16-22-20-12-6-4-10-18(20)15-19-11-5-7-13-21(19)22/h1-13,15-16H,14H2/b23-16+. The first-order valence-corrected chi connectivity index (χ1v) is 9.24. The molecule has 134 valence electrons. The number of aliphatic imine (C=N–C) groups is 1. The molecule has 3 heteroatoms. The van der Waals surface area contributed by atoms with Crippen LogP contribution in [0.25, 0.3) is 27.6 Å². The van der Waals surface area contributed by atoms with Crippen LogP contribution in [0.3, 0.4) is 0 Å². The van der Waals surface area contributed by atoms with Gasteiger partial charge in [-0.2, -0.15) is 0 Å². The summed E-state index contributed by atoms with van der Waals surface area (Å²) < 4.78 is 5.42. The lowest BCUT2D eigenvalue weighted by molar-refractivity contribution is -0.130. The molecule has 0 bridgehead atoms. The normalized spacial score (nSPS) is 15.2. The summed E-state index contributed by atoms with van der Waals surface area (Å²) in [5.74, 6) is 0.0370. The maximum absolute atomic E-state index is 12.4. The molecule has 0 fully saturated rings. The second kappa shape index (κ2) is 6.78. The molecule has 1 heterocycles. The van der Waals surface area contributed by atoms with Gasteiger partial charge in [0.2, 0.25) is 5.90 Å². The number of fused-ring (bicyclic) bond motifs is 2. The van der Waals surface area contributed by atoms with Crippen molar-refractivity contribution >= 4 is 39.5 Å². The van der Waals surface area contributed by atoms with E-state index in [1.807, 2.05) is 60.7 Å². The van der Waals surface area contributed by atoms with E-state index >= 15 is 0 Å². The van der Waals surface area contributed by atoms with Gasteiger partial charge in [-0.3, -0.25) is 0 Å². The van der Waals surface area contributed by atoms with Gasteiger partial charge in [0.15, 0.2) is 5.70 Å². The smallest absolute Gasteiger partial charge is 0.363 e. The summed E-state index contributed by atoms with van der Waals surface area (Å²) in [6.07, 6.45) is 2.35. The maximum atomic E-state index is 12.4. The number of hydrogen-bond donors (Lipinski definition) is 0. The average molecular weight is 363 g/mol.